The Kier molecular flexibility index (Phi) is 5.05. The van der Waals surface area contributed by atoms with Crippen molar-refractivity contribution in [1.82, 2.24) is 5.32 Å². The van der Waals surface area contributed by atoms with Crippen molar-refractivity contribution in [3.63, 3.8) is 0 Å². The quantitative estimate of drug-likeness (QED) is 0.818. The van der Waals surface area contributed by atoms with Crippen LogP contribution in [0.15, 0.2) is 24.3 Å². The molecule has 18 heavy (non-hydrogen) atoms. The zero-order valence-electron chi connectivity index (χ0n) is 9.92. The number of nitrogens with one attached hydrogen (secondary N) is 1. The molecule has 1 aromatic rings. The number of hydrogen-bond donors (Lipinski definition) is 1. The van der Waals surface area contributed by atoms with Gasteiger partial charge in [-0.15, -0.1) is 19.6 Å². The van der Waals surface area contributed by atoms with E-state index in [1.807, 2.05) is 6.92 Å². The molecule has 1 aromatic carbocycles. The number of alkyl halides is 3. The van der Waals surface area contributed by atoms with Gasteiger partial charge in [-0.3, -0.25) is 5.32 Å². The van der Waals surface area contributed by atoms with Crippen molar-refractivity contribution in [3.05, 3.63) is 29.8 Å². The summed E-state index contributed by atoms with van der Waals surface area (Å²) in [4.78, 5) is 0. The first-order valence-electron chi connectivity index (χ1n) is 5.49. The van der Waals surface area contributed by atoms with Gasteiger partial charge in [0.1, 0.15) is 5.75 Å². The number of halogens is 3. The van der Waals surface area contributed by atoms with E-state index < -0.39 is 6.36 Å². The number of terminal acetylenes is 1. The molecule has 0 radical (unpaired) electrons. The van der Waals surface area contributed by atoms with E-state index in [1.54, 1.807) is 12.1 Å². The van der Waals surface area contributed by atoms with Crippen LogP contribution in [0.25, 0.3) is 0 Å². The van der Waals surface area contributed by atoms with E-state index in [4.69, 9.17) is 6.42 Å². The fraction of sp³-hybridized carbons (Fsp3) is 0.385. The molecule has 5 heteroatoms. The van der Waals surface area contributed by atoms with Crippen molar-refractivity contribution < 1.29 is 17.9 Å². The van der Waals surface area contributed by atoms with Crippen LogP contribution in [0.2, 0.25) is 0 Å². The lowest BCUT2D eigenvalue weighted by Crippen LogP contribution is -2.27. The second-order valence-electron chi connectivity index (χ2n) is 3.66. The Bertz CT molecular complexity index is 423. The molecule has 0 heterocycles. The number of ether oxygens (including phenoxy) is 1. The standard InChI is InChI=1S/C13H14F3NO/c1-3-11(4-2)17-9-10-7-5-6-8-12(10)18-13(14,15)16/h1,5-8,11,17H,4,9H2,2H3. The number of benzene rings is 1. The largest absolute Gasteiger partial charge is 0.573 e. The van der Waals surface area contributed by atoms with Gasteiger partial charge in [0.15, 0.2) is 0 Å². The molecule has 1 N–H and O–H groups in total. The monoisotopic (exact) mass is 257 g/mol. The summed E-state index contributed by atoms with van der Waals surface area (Å²) in [7, 11) is 0. The minimum atomic E-state index is -4.69. The van der Waals surface area contributed by atoms with Crippen molar-refractivity contribution in [2.45, 2.75) is 32.3 Å². The van der Waals surface area contributed by atoms with Crippen molar-refractivity contribution in [1.29, 1.82) is 0 Å². The van der Waals surface area contributed by atoms with E-state index in [1.165, 1.54) is 12.1 Å². The highest BCUT2D eigenvalue weighted by Gasteiger charge is 2.31. The molecule has 0 aliphatic rings. The van der Waals surface area contributed by atoms with Crippen LogP contribution < -0.4 is 10.1 Å². The number of rotatable bonds is 5. The molecule has 0 saturated heterocycles. The van der Waals surface area contributed by atoms with Gasteiger partial charge < -0.3 is 4.74 Å². The zero-order valence-corrected chi connectivity index (χ0v) is 9.92. The predicted octanol–water partition coefficient (Wildman–Crippen LogP) is 3.09. The van der Waals surface area contributed by atoms with Crippen LogP contribution in [0.3, 0.4) is 0 Å². The van der Waals surface area contributed by atoms with Gasteiger partial charge in [0.05, 0.1) is 6.04 Å². The van der Waals surface area contributed by atoms with Crippen molar-refractivity contribution in [2.75, 3.05) is 0 Å². The van der Waals surface area contributed by atoms with E-state index in [9.17, 15) is 13.2 Å². The second-order valence-corrected chi connectivity index (χ2v) is 3.66. The summed E-state index contributed by atoms with van der Waals surface area (Å²) in [5, 5.41) is 2.98. The third kappa shape index (κ3) is 4.68. The lowest BCUT2D eigenvalue weighted by Gasteiger charge is -2.15. The molecule has 0 fully saturated rings. The molecule has 98 valence electrons. The van der Waals surface area contributed by atoms with Gasteiger partial charge in [-0.1, -0.05) is 31.0 Å². The maximum atomic E-state index is 12.2. The Labute approximate surface area is 104 Å². The summed E-state index contributed by atoms with van der Waals surface area (Å²) >= 11 is 0. The van der Waals surface area contributed by atoms with Gasteiger partial charge in [0.25, 0.3) is 0 Å². The zero-order chi connectivity index (χ0) is 13.6. The number of para-hydroxylation sites is 1. The van der Waals surface area contributed by atoms with Crippen molar-refractivity contribution >= 4 is 0 Å². The molecule has 0 bridgehead atoms. The van der Waals surface area contributed by atoms with Gasteiger partial charge in [0, 0.05) is 12.1 Å². The van der Waals surface area contributed by atoms with E-state index in [-0.39, 0.29) is 18.3 Å². The smallest absolute Gasteiger partial charge is 0.405 e. The highest BCUT2D eigenvalue weighted by molar-refractivity contribution is 5.33. The van der Waals surface area contributed by atoms with E-state index in [2.05, 4.69) is 16.0 Å². The van der Waals surface area contributed by atoms with Gasteiger partial charge in [-0.05, 0) is 12.5 Å². The van der Waals surface area contributed by atoms with Crippen LogP contribution in [0.1, 0.15) is 18.9 Å². The summed E-state index contributed by atoms with van der Waals surface area (Å²) in [6.45, 7) is 2.13. The lowest BCUT2D eigenvalue weighted by molar-refractivity contribution is -0.274. The third-order valence-corrected chi connectivity index (χ3v) is 2.35. The van der Waals surface area contributed by atoms with Crippen LogP contribution >= 0.6 is 0 Å². The molecule has 1 atom stereocenters. The van der Waals surface area contributed by atoms with E-state index in [0.29, 0.717) is 12.0 Å². The predicted molar refractivity (Wildman–Crippen MR) is 62.9 cm³/mol. The van der Waals surface area contributed by atoms with Gasteiger partial charge in [-0.2, -0.15) is 0 Å². The summed E-state index contributed by atoms with van der Waals surface area (Å²) in [6.07, 6.45) is 1.28. The highest BCUT2D eigenvalue weighted by Crippen LogP contribution is 2.26. The minimum Gasteiger partial charge on any atom is -0.405 e. The number of hydrogen-bond acceptors (Lipinski definition) is 2. The normalized spacial score (nSPS) is 12.8. The summed E-state index contributed by atoms with van der Waals surface area (Å²) < 4.78 is 40.5. The lowest BCUT2D eigenvalue weighted by atomic mass is 10.1. The van der Waals surface area contributed by atoms with Crippen LogP contribution in [0, 0.1) is 12.3 Å². The molecule has 0 amide bonds. The first-order chi connectivity index (χ1) is 8.46. The molecule has 0 aliphatic heterocycles. The van der Waals surface area contributed by atoms with Crippen LogP contribution in [-0.2, 0) is 6.54 Å². The van der Waals surface area contributed by atoms with E-state index in [0.717, 1.165) is 0 Å². The average molecular weight is 257 g/mol. The van der Waals surface area contributed by atoms with Crippen molar-refractivity contribution in [3.8, 4) is 18.1 Å². The minimum absolute atomic E-state index is 0.163. The Morgan fingerprint density at radius 1 is 1.39 bits per heavy atom. The fourth-order valence-electron chi connectivity index (χ4n) is 1.43. The average Bonchev–Trinajstić information content (AvgIpc) is 2.30. The van der Waals surface area contributed by atoms with Gasteiger partial charge in [0.2, 0.25) is 0 Å². The molecule has 1 rings (SSSR count). The Balaban J connectivity index is 2.74. The summed E-state index contributed by atoms with van der Waals surface area (Å²) in [5.74, 6) is 2.31. The molecule has 0 aromatic heterocycles. The topological polar surface area (TPSA) is 21.3 Å². The SMILES string of the molecule is C#CC(CC)NCc1ccccc1OC(F)(F)F. The summed E-state index contributed by atoms with van der Waals surface area (Å²) in [5.41, 5.74) is 0.420. The molecular weight excluding hydrogens is 243 g/mol. The molecule has 2 nitrogen and oxygen atoms in total. The maximum Gasteiger partial charge on any atom is 0.573 e. The molecule has 0 saturated carbocycles. The van der Waals surface area contributed by atoms with Crippen LogP contribution in [0.5, 0.6) is 5.75 Å². The second kappa shape index (κ2) is 6.31. The molecular formula is C13H14F3NO. The Morgan fingerprint density at radius 2 is 2.06 bits per heavy atom. The molecule has 0 aliphatic carbocycles. The van der Waals surface area contributed by atoms with Crippen LogP contribution in [0.4, 0.5) is 13.2 Å². The summed E-state index contributed by atoms with van der Waals surface area (Å²) in [6, 6.07) is 5.82. The third-order valence-electron chi connectivity index (χ3n) is 2.35. The van der Waals surface area contributed by atoms with Gasteiger partial charge in [-0.25, -0.2) is 0 Å². The van der Waals surface area contributed by atoms with Gasteiger partial charge >= 0.3 is 6.36 Å². The first-order valence-corrected chi connectivity index (χ1v) is 5.49. The van der Waals surface area contributed by atoms with E-state index >= 15 is 0 Å². The maximum absolute atomic E-state index is 12.2. The molecule has 1 unspecified atom stereocenters. The first kappa shape index (κ1) is 14.4. The fourth-order valence-corrected chi connectivity index (χ4v) is 1.43. The van der Waals surface area contributed by atoms with Crippen molar-refractivity contribution in [2.24, 2.45) is 0 Å². The Morgan fingerprint density at radius 3 is 2.61 bits per heavy atom. The highest BCUT2D eigenvalue weighted by atomic mass is 19.4. The Hall–Kier alpha value is -1.67. The molecule has 0 spiro atoms. The van der Waals surface area contributed by atoms with Crippen LogP contribution in [-0.4, -0.2) is 12.4 Å².